The molecule has 0 aliphatic heterocycles. The van der Waals surface area contributed by atoms with E-state index in [0.717, 1.165) is 33.4 Å². The van der Waals surface area contributed by atoms with Gasteiger partial charge in [0.2, 0.25) is 5.41 Å². The lowest BCUT2D eigenvalue weighted by atomic mass is 9.77. The van der Waals surface area contributed by atoms with Gasteiger partial charge in [0.1, 0.15) is 0 Å². The van der Waals surface area contributed by atoms with Gasteiger partial charge in [-0.3, -0.25) is 9.59 Å². The van der Waals surface area contributed by atoms with Crippen LogP contribution in [0.4, 0.5) is 0 Å². The predicted octanol–water partition coefficient (Wildman–Crippen LogP) is 6.34. The maximum absolute atomic E-state index is 13.7. The first-order valence-electron chi connectivity index (χ1n) is 12.3. The lowest BCUT2D eigenvalue weighted by molar-refractivity contribution is -0.162. The number of hydrogen-bond donors (Lipinski definition) is 0. The Hall–Kier alpha value is -4.18. The number of ether oxygens (including phenoxy) is 2. The highest BCUT2D eigenvalue weighted by molar-refractivity contribution is 6.16. The summed E-state index contributed by atoms with van der Waals surface area (Å²) in [5.74, 6) is -1.21. The van der Waals surface area contributed by atoms with Crippen LogP contribution in [0.25, 0.3) is 22.3 Å². The fourth-order valence-corrected chi connectivity index (χ4v) is 5.31. The molecular formula is C32H28O4. The fourth-order valence-electron chi connectivity index (χ4n) is 5.31. The van der Waals surface area contributed by atoms with Crippen molar-refractivity contribution >= 4 is 11.9 Å². The van der Waals surface area contributed by atoms with Gasteiger partial charge < -0.3 is 9.47 Å². The number of hydrogen-bond acceptors (Lipinski definition) is 4. The maximum Gasteiger partial charge on any atom is 0.332 e. The molecule has 0 N–H and O–H groups in total. The Morgan fingerprint density at radius 1 is 0.639 bits per heavy atom. The molecule has 0 heterocycles. The average molecular weight is 477 g/mol. The largest absolute Gasteiger partial charge is 0.465 e. The topological polar surface area (TPSA) is 52.6 Å². The number of carbonyl (C=O) groups is 2. The minimum Gasteiger partial charge on any atom is -0.465 e. The van der Waals surface area contributed by atoms with Gasteiger partial charge in [-0.05, 0) is 64.8 Å². The Morgan fingerprint density at radius 3 is 1.86 bits per heavy atom. The normalized spacial score (nSPS) is 12.9. The first-order valence-corrected chi connectivity index (χ1v) is 12.3. The van der Waals surface area contributed by atoms with Crippen LogP contribution in [0.2, 0.25) is 0 Å². The summed E-state index contributed by atoms with van der Waals surface area (Å²) in [6.45, 7) is 3.82. The molecule has 0 spiro atoms. The number of esters is 2. The van der Waals surface area contributed by atoms with Gasteiger partial charge in [-0.15, -0.1) is 0 Å². The van der Waals surface area contributed by atoms with E-state index in [4.69, 9.17) is 9.47 Å². The van der Waals surface area contributed by atoms with Gasteiger partial charge in [0.05, 0.1) is 13.2 Å². The number of carbonyl (C=O) groups excluding carboxylic acids is 2. The molecule has 0 saturated heterocycles. The van der Waals surface area contributed by atoms with Crippen LogP contribution in [-0.2, 0) is 30.9 Å². The molecule has 0 atom stereocenters. The second-order valence-electron chi connectivity index (χ2n) is 8.78. The molecule has 0 radical (unpaired) electrons. The van der Waals surface area contributed by atoms with Crippen molar-refractivity contribution in [1.29, 1.82) is 0 Å². The maximum atomic E-state index is 13.7. The zero-order valence-corrected chi connectivity index (χ0v) is 20.5. The third-order valence-corrected chi connectivity index (χ3v) is 6.79. The Kier molecular flexibility index (Phi) is 6.43. The van der Waals surface area contributed by atoms with Crippen LogP contribution in [0.1, 0.15) is 36.1 Å². The Labute approximate surface area is 211 Å². The molecule has 0 fully saturated rings. The fraction of sp³-hybridized carbons (Fsp3) is 0.188. The summed E-state index contributed by atoms with van der Waals surface area (Å²) in [6, 6.07) is 32.0. The van der Waals surface area contributed by atoms with Crippen molar-refractivity contribution in [3.05, 3.63) is 119 Å². The third-order valence-electron chi connectivity index (χ3n) is 6.79. The van der Waals surface area contributed by atoms with E-state index in [1.165, 1.54) is 0 Å². The summed E-state index contributed by atoms with van der Waals surface area (Å²) in [4.78, 5) is 27.4. The molecule has 0 amide bonds. The van der Waals surface area contributed by atoms with E-state index in [1.54, 1.807) is 13.8 Å². The van der Waals surface area contributed by atoms with E-state index >= 15 is 0 Å². The summed E-state index contributed by atoms with van der Waals surface area (Å²) in [6.07, 6.45) is 0.643. The van der Waals surface area contributed by atoms with Crippen molar-refractivity contribution in [3.63, 3.8) is 0 Å². The average Bonchev–Trinajstić information content (AvgIpc) is 3.22. The van der Waals surface area contributed by atoms with E-state index < -0.39 is 17.4 Å². The van der Waals surface area contributed by atoms with Crippen LogP contribution in [0.5, 0.6) is 0 Å². The van der Waals surface area contributed by atoms with Gasteiger partial charge >= 0.3 is 11.9 Å². The van der Waals surface area contributed by atoms with Crippen LogP contribution in [-0.4, -0.2) is 25.2 Å². The first kappa shape index (κ1) is 23.6. The number of fused-ring (bicyclic) bond motifs is 3. The minimum atomic E-state index is -1.67. The van der Waals surface area contributed by atoms with Crippen LogP contribution in [0.3, 0.4) is 0 Å². The third kappa shape index (κ3) is 3.70. The second kappa shape index (κ2) is 9.82. The van der Waals surface area contributed by atoms with E-state index in [0.29, 0.717) is 17.5 Å². The molecule has 1 aliphatic carbocycles. The van der Waals surface area contributed by atoms with Gasteiger partial charge in [-0.2, -0.15) is 0 Å². The summed E-state index contributed by atoms with van der Waals surface area (Å²) < 4.78 is 11.1. The summed E-state index contributed by atoms with van der Waals surface area (Å²) in [5, 5.41) is 0. The van der Waals surface area contributed by atoms with Gasteiger partial charge in [0, 0.05) is 0 Å². The van der Waals surface area contributed by atoms with Gasteiger partial charge in [-0.25, -0.2) is 0 Å². The first-order chi connectivity index (χ1) is 17.6. The van der Waals surface area contributed by atoms with Crippen molar-refractivity contribution in [1.82, 2.24) is 0 Å². The van der Waals surface area contributed by atoms with Crippen molar-refractivity contribution < 1.29 is 19.1 Å². The summed E-state index contributed by atoms with van der Waals surface area (Å²) in [5.41, 5.74) is 5.67. The quantitative estimate of drug-likeness (QED) is 0.231. The minimum absolute atomic E-state index is 0.163. The molecule has 5 rings (SSSR count). The second-order valence-corrected chi connectivity index (χ2v) is 8.78. The Morgan fingerprint density at radius 2 is 1.22 bits per heavy atom. The van der Waals surface area contributed by atoms with Crippen LogP contribution >= 0.6 is 0 Å². The molecular weight excluding hydrogens is 448 g/mol. The molecule has 4 aromatic rings. The number of benzene rings is 4. The molecule has 4 heteroatoms. The van der Waals surface area contributed by atoms with Gasteiger partial charge in [-0.1, -0.05) is 97.1 Å². The lowest BCUT2D eigenvalue weighted by Gasteiger charge is -2.27. The van der Waals surface area contributed by atoms with E-state index in [2.05, 4.69) is 24.3 Å². The zero-order chi connectivity index (χ0) is 25.1. The molecule has 180 valence electrons. The van der Waals surface area contributed by atoms with E-state index in [9.17, 15) is 9.59 Å². The molecule has 36 heavy (non-hydrogen) atoms. The van der Waals surface area contributed by atoms with Crippen LogP contribution in [0, 0.1) is 0 Å². The molecule has 0 aromatic heterocycles. The molecule has 0 saturated carbocycles. The van der Waals surface area contributed by atoms with Crippen molar-refractivity contribution in [2.75, 3.05) is 13.2 Å². The highest BCUT2D eigenvalue weighted by atomic mass is 16.6. The highest BCUT2D eigenvalue weighted by Gasteiger charge is 2.58. The standard InChI is InChI=1S/C32H28O4/c1-3-35-30(33)32(31(34)36-4-2)27-18-12-11-17-25(27)29-26(21-22-13-7-5-8-14-22)24(19-20-28(29)32)23-15-9-6-10-16-23/h5-20H,3-4,21H2,1-2H3. The smallest absolute Gasteiger partial charge is 0.332 e. The monoisotopic (exact) mass is 476 g/mol. The van der Waals surface area contributed by atoms with Crippen molar-refractivity contribution in [2.24, 2.45) is 0 Å². The van der Waals surface area contributed by atoms with E-state index in [1.807, 2.05) is 72.8 Å². The summed E-state index contributed by atoms with van der Waals surface area (Å²) in [7, 11) is 0. The SMILES string of the molecule is CCOC(=O)C1(C(=O)OCC)c2ccccc2-c2c1ccc(-c1ccccc1)c2Cc1ccccc1. The molecule has 4 nitrogen and oxygen atoms in total. The lowest BCUT2D eigenvalue weighted by Crippen LogP contribution is -2.45. The van der Waals surface area contributed by atoms with Crippen LogP contribution in [0.15, 0.2) is 97.1 Å². The van der Waals surface area contributed by atoms with Crippen molar-refractivity contribution in [2.45, 2.75) is 25.7 Å². The van der Waals surface area contributed by atoms with Crippen molar-refractivity contribution in [3.8, 4) is 22.3 Å². The molecule has 0 unspecified atom stereocenters. The van der Waals surface area contributed by atoms with E-state index in [-0.39, 0.29) is 13.2 Å². The molecule has 0 bridgehead atoms. The van der Waals surface area contributed by atoms with Gasteiger partial charge in [0.15, 0.2) is 0 Å². The molecule has 4 aromatic carbocycles. The van der Waals surface area contributed by atoms with Gasteiger partial charge in [0.25, 0.3) is 0 Å². The number of rotatable bonds is 7. The molecule has 1 aliphatic rings. The Bertz CT molecular complexity index is 1390. The Balaban J connectivity index is 1.86. The predicted molar refractivity (Wildman–Crippen MR) is 141 cm³/mol. The highest BCUT2D eigenvalue weighted by Crippen LogP contribution is 2.53. The van der Waals surface area contributed by atoms with Crippen LogP contribution < -0.4 is 0 Å². The zero-order valence-electron chi connectivity index (χ0n) is 20.5. The summed E-state index contributed by atoms with van der Waals surface area (Å²) >= 11 is 0.